The van der Waals surface area contributed by atoms with Crippen molar-refractivity contribution >= 4 is 5.97 Å². The van der Waals surface area contributed by atoms with E-state index in [2.05, 4.69) is 36.4 Å². The third kappa shape index (κ3) is 3.95. The molecule has 0 spiro atoms. The smallest absolute Gasteiger partial charge is 0.340 e. The summed E-state index contributed by atoms with van der Waals surface area (Å²) in [5, 5.41) is 18.3. The highest BCUT2D eigenvalue weighted by atomic mass is 16.6. The van der Waals surface area contributed by atoms with E-state index in [0.717, 1.165) is 50.1 Å². The van der Waals surface area contributed by atoms with Gasteiger partial charge in [-0.3, -0.25) is 0 Å². The average molecular weight is 517 g/mol. The monoisotopic (exact) mass is 516 g/mol. The molecule has 0 radical (unpaired) electrons. The molecule has 0 aliphatic carbocycles. The van der Waals surface area contributed by atoms with Gasteiger partial charge in [-0.2, -0.15) is 10.5 Å². The van der Waals surface area contributed by atoms with E-state index in [1.54, 1.807) is 0 Å². The lowest BCUT2D eigenvalue weighted by Gasteiger charge is -2.31. The summed E-state index contributed by atoms with van der Waals surface area (Å²) < 4.78 is 6.34. The van der Waals surface area contributed by atoms with Gasteiger partial charge in [0, 0.05) is 16.7 Å². The minimum Gasteiger partial charge on any atom is -0.441 e. The van der Waals surface area contributed by atoms with Crippen molar-refractivity contribution in [3.05, 3.63) is 154 Å². The molecule has 0 N–H and O–H groups in total. The maximum Gasteiger partial charge on any atom is 0.340 e. The number of aryl methyl sites for hydroxylation is 2. The fraction of sp³-hybridized carbons (Fsp3) is 0.0833. The van der Waals surface area contributed by atoms with Gasteiger partial charge in [-0.25, -0.2) is 4.79 Å². The van der Waals surface area contributed by atoms with Crippen LogP contribution in [0, 0.1) is 36.5 Å². The van der Waals surface area contributed by atoms with Crippen LogP contribution in [0.2, 0.25) is 0 Å². The predicted molar refractivity (Wildman–Crippen MR) is 154 cm³/mol. The number of esters is 1. The van der Waals surface area contributed by atoms with Crippen LogP contribution in [0.5, 0.6) is 0 Å². The summed E-state index contributed by atoms with van der Waals surface area (Å²) >= 11 is 0. The largest absolute Gasteiger partial charge is 0.441 e. The van der Waals surface area contributed by atoms with E-state index in [-0.39, 0.29) is 5.97 Å². The van der Waals surface area contributed by atoms with E-state index in [1.165, 1.54) is 0 Å². The summed E-state index contributed by atoms with van der Waals surface area (Å²) in [6, 6.07) is 39.3. The Morgan fingerprint density at radius 2 is 1.07 bits per heavy atom. The number of rotatable bonds is 4. The summed E-state index contributed by atoms with van der Waals surface area (Å²) in [6.45, 7) is 4.10. The summed E-state index contributed by atoms with van der Waals surface area (Å²) in [5.74, 6) is -0.349. The van der Waals surface area contributed by atoms with Gasteiger partial charge in [0.1, 0.15) is 0 Å². The zero-order valence-corrected chi connectivity index (χ0v) is 22.1. The number of hydrogen-bond acceptors (Lipinski definition) is 4. The molecule has 5 aromatic rings. The second-order valence-corrected chi connectivity index (χ2v) is 10.1. The van der Waals surface area contributed by atoms with E-state index in [4.69, 9.17) is 15.3 Å². The van der Waals surface area contributed by atoms with E-state index in [0.29, 0.717) is 16.7 Å². The number of carbonyl (C=O) groups is 1. The van der Waals surface area contributed by atoms with Gasteiger partial charge in [-0.15, -0.1) is 0 Å². The highest BCUT2D eigenvalue weighted by Crippen LogP contribution is 2.48. The first kappa shape index (κ1) is 24.9. The molecular formula is C36H24N2O2. The number of nitrogens with zero attached hydrogens (tertiary/aromatic N) is 2. The molecule has 1 aliphatic rings. The van der Waals surface area contributed by atoms with Crippen molar-refractivity contribution in [3.8, 4) is 34.4 Å². The highest BCUT2D eigenvalue weighted by molar-refractivity contribution is 5.96. The number of ether oxygens (including phenoxy) is 1. The Hall–Kier alpha value is -5.45. The molecular weight excluding hydrogens is 492 g/mol. The summed E-state index contributed by atoms with van der Waals surface area (Å²) in [5.41, 5.74) is 9.45. The fourth-order valence-electron chi connectivity index (χ4n) is 5.67. The van der Waals surface area contributed by atoms with E-state index < -0.39 is 5.60 Å². The summed E-state index contributed by atoms with van der Waals surface area (Å²) in [7, 11) is 0. The van der Waals surface area contributed by atoms with Gasteiger partial charge in [0.25, 0.3) is 0 Å². The molecule has 0 unspecified atom stereocenters. The minimum absolute atomic E-state index is 0.349. The molecule has 0 saturated heterocycles. The lowest BCUT2D eigenvalue weighted by Crippen LogP contribution is -2.29. The van der Waals surface area contributed by atoms with Gasteiger partial charge in [0.05, 0.1) is 28.8 Å². The predicted octanol–water partition coefficient (Wildman–Crippen LogP) is 7.84. The molecule has 6 rings (SSSR count). The third-order valence-electron chi connectivity index (χ3n) is 7.69. The Balaban J connectivity index is 1.51. The van der Waals surface area contributed by atoms with Crippen molar-refractivity contribution in [2.75, 3.05) is 0 Å². The number of nitriles is 2. The SMILES string of the molecule is Cc1cc(C2(c3ccc(-c4ccc(C#N)cc4)c(C)c3)OC(=O)c3ccccc32)ccc1-c1ccc(C#N)cc1. The average Bonchev–Trinajstić information content (AvgIpc) is 3.30. The minimum atomic E-state index is -1.10. The maximum atomic E-state index is 13.2. The van der Waals surface area contributed by atoms with Crippen LogP contribution in [-0.4, -0.2) is 5.97 Å². The topological polar surface area (TPSA) is 73.9 Å². The van der Waals surface area contributed by atoms with Crippen LogP contribution in [0.4, 0.5) is 0 Å². The highest BCUT2D eigenvalue weighted by Gasteiger charge is 2.48. The first-order valence-electron chi connectivity index (χ1n) is 13.0. The van der Waals surface area contributed by atoms with Gasteiger partial charge in [0.15, 0.2) is 5.60 Å². The molecule has 5 aromatic carbocycles. The van der Waals surface area contributed by atoms with E-state index in [1.807, 2.05) is 98.8 Å². The Kier molecular flexibility index (Phi) is 6.03. The Bertz CT molecular complexity index is 1760. The van der Waals surface area contributed by atoms with Crippen LogP contribution in [0.25, 0.3) is 22.3 Å². The molecule has 190 valence electrons. The van der Waals surface area contributed by atoms with Crippen molar-refractivity contribution in [3.63, 3.8) is 0 Å². The number of cyclic esters (lactones) is 1. The zero-order valence-electron chi connectivity index (χ0n) is 22.1. The molecule has 0 atom stereocenters. The van der Waals surface area contributed by atoms with Crippen molar-refractivity contribution in [2.45, 2.75) is 19.4 Å². The van der Waals surface area contributed by atoms with Crippen LogP contribution in [-0.2, 0) is 10.3 Å². The molecule has 4 nitrogen and oxygen atoms in total. The van der Waals surface area contributed by atoms with Gasteiger partial charge < -0.3 is 4.74 Å². The van der Waals surface area contributed by atoms with Crippen molar-refractivity contribution in [1.29, 1.82) is 10.5 Å². The van der Waals surface area contributed by atoms with Gasteiger partial charge in [0.2, 0.25) is 0 Å². The molecule has 0 fully saturated rings. The normalized spacial score (nSPS) is 13.2. The molecule has 1 aliphatic heterocycles. The lowest BCUT2D eigenvalue weighted by molar-refractivity contribution is 0.0251. The number of fused-ring (bicyclic) bond motifs is 1. The molecule has 1 heterocycles. The van der Waals surface area contributed by atoms with Crippen LogP contribution < -0.4 is 0 Å². The number of benzene rings is 5. The molecule has 40 heavy (non-hydrogen) atoms. The van der Waals surface area contributed by atoms with Gasteiger partial charge in [-0.1, -0.05) is 78.9 Å². The van der Waals surface area contributed by atoms with Crippen molar-refractivity contribution in [1.82, 2.24) is 0 Å². The quantitative estimate of drug-likeness (QED) is 0.228. The summed E-state index contributed by atoms with van der Waals surface area (Å²) in [6.07, 6.45) is 0. The second-order valence-electron chi connectivity index (χ2n) is 10.1. The molecule has 0 bridgehead atoms. The number of carbonyl (C=O) groups excluding carboxylic acids is 1. The maximum absolute atomic E-state index is 13.2. The first-order chi connectivity index (χ1) is 19.4. The van der Waals surface area contributed by atoms with Gasteiger partial charge in [-0.05, 0) is 77.6 Å². The molecule has 0 aromatic heterocycles. The van der Waals surface area contributed by atoms with Crippen LogP contribution in [0.3, 0.4) is 0 Å². The van der Waals surface area contributed by atoms with Crippen molar-refractivity contribution in [2.24, 2.45) is 0 Å². The molecule has 4 heteroatoms. The van der Waals surface area contributed by atoms with Crippen LogP contribution in [0.15, 0.2) is 109 Å². The van der Waals surface area contributed by atoms with Crippen LogP contribution >= 0.6 is 0 Å². The third-order valence-corrected chi connectivity index (χ3v) is 7.69. The Morgan fingerprint density at radius 1 is 0.600 bits per heavy atom. The lowest BCUT2D eigenvalue weighted by atomic mass is 9.78. The number of hydrogen-bond donors (Lipinski definition) is 0. The zero-order chi connectivity index (χ0) is 27.9. The van der Waals surface area contributed by atoms with Gasteiger partial charge >= 0.3 is 5.97 Å². The van der Waals surface area contributed by atoms with Crippen LogP contribution in [0.1, 0.15) is 49.3 Å². The summed E-state index contributed by atoms with van der Waals surface area (Å²) in [4.78, 5) is 13.2. The fourth-order valence-corrected chi connectivity index (χ4v) is 5.67. The Morgan fingerprint density at radius 3 is 1.52 bits per heavy atom. The van der Waals surface area contributed by atoms with E-state index in [9.17, 15) is 4.79 Å². The molecule has 0 saturated carbocycles. The first-order valence-corrected chi connectivity index (χ1v) is 13.0. The van der Waals surface area contributed by atoms with Crippen molar-refractivity contribution < 1.29 is 9.53 Å². The second kappa shape index (κ2) is 9.70. The Labute approximate surface area is 233 Å². The van der Waals surface area contributed by atoms with E-state index >= 15 is 0 Å². The molecule has 0 amide bonds. The standard InChI is InChI=1S/C36H24N2O2/c1-23-19-29(15-17-31(23)27-11-7-25(21-37)8-12-27)36(34-6-4-3-5-33(34)35(39)40-36)30-16-18-32(24(2)20-30)28-13-9-26(22-38)10-14-28/h3-20H,1-2H3.